The highest BCUT2D eigenvalue weighted by Crippen LogP contribution is 2.29. The van der Waals surface area contributed by atoms with Crippen molar-refractivity contribution in [2.75, 3.05) is 13.2 Å². The van der Waals surface area contributed by atoms with Gasteiger partial charge >= 0.3 is 0 Å². The van der Waals surface area contributed by atoms with E-state index < -0.39 is 0 Å². The van der Waals surface area contributed by atoms with Crippen LogP contribution in [0, 0.1) is 0 Å². The maximum absolute atomic E-state index is 13.6. The second-order valence-corrected chi connectivity index (χ2v) is 7.79. The van der Waals surface area contributed by atoms with Crippen LogP contribution in [-0.4, -0.2) is 39.7 Å². The number of para-hydroxylation sites is 3. The Morgan fingerprint density at radius 1 is 1.07 bits per heavy atom. The van der Waals surface area contributed by atoms with E-state index in [4.69, 9.17) is 15.5 Å². The van der Waals surface area contributed by atoms with Gasteiger partial charge in [-0.2, -0.15) is 0 Å². The summed E-state index contributed by atoms with van der Waals surface area (Å²) in [6, 6.07) is 16.0. The molecule has 2 heterocycles. The fourth-order valence-corrected chi connectivity index (χ4v) is 4.58. The van der Waals surface area contributed by atoms with E-state index in [1.165, 1.54) is 0 Å². The third-order valence-corrected chi connectivity index (χ3v) is 6.09. The predicted molar refractivity (Wildman–Crippen MR) is 120 cm³/mol. The molecule has 0 spiro atoms. The molecule has 6 nitrogen and oxygen atoms in total. The number of nitrogens with zero attached hydrogens (tertiary/aromatic N) is 3. The molecule has 0 aliphatic carbocycles. The van der Waals surface area contributed by atoms with Crippen molar-refractivity contribution in [3.05, 3.63) is 64.7 Å². The molecule has 0 amide bonds. The summed E-state index contributed by atoms with van der Waals surface area (Å²) in [7, 11) is 0. The molecule has 1 aliphatic heterocycles. The Balaban J connectivity index is 1.91. The van der Waals surface area contributed by atoms with Crippen molar-refractivity contribution in [3.8, 4) is 11.4 Å². The summed E-state index contributed by atoms with van der Waals surface area (Å²) in [4.78, 5) is 21.0. The number of hydrogen-bond donors (Lipinski definition) is 1. The van der Waals surface area contributed by atoms with Gasteiger partial charge in [0.25, 0.3) is 5.56 Å². The Bertz CT molecular complexity index is 1070. The minimum Gasteiger partial charge on any atom is -0.492 e. The van der Waals surface area contributed by atoms with E-state index in [0.29, 0.717) is 42.9 Å². The lowest BCUT2D eigenvalue weighted by atomic mass is 10.1. The van der Waals surface area contributed by atoms with Gasteiger partial charge in [0.05, 0.1) is 29.7 Å². The molecule has 158 valence electrons. The van der Waals surface area contributed by atoms with Gasteiger partial charge < -0.3 is 10.5 Å². The van der Waals surface area contributed by atoms with Crippen LogP contribution in [0.25, 0.3) is 16.6 Å². The summed E-state index contributed by atoms with van der Waals surface area (Å²) < 4.78 is 7.58. The van der Waals surface area contributed by atoms with Crippen molar-refractivity contribution >= 4 is 10.9 Å². The number of fused-ring (bicyclic) bond motifs is 1. The highest BCUT2D eigenvalue weighted by molar-refractivity contribution is 5.78. The number of rotatable bonds is 7. The monoisotopic (exact) mass is 406 g/mol. The van der Waals surface area contributed by atoms with Gasteiger partial charge in [-0.15, -0.1) is 0 Å². The van der Waals surface area contributed by atoms with Crippen LogP contribution in [0.15, 0.2) is 53.3 Å². The van der Waals surface area contributed by atoms with Crippen molar-refractivity contribution in [2.24, 2.45) is 5.73 Å². The summed E-state index contributed by atoms with van der Waals surface area (Å²) in [6.07, 6.45) is 3.28. The first kappa shape index (κ1) is 20.6. The van der Waals surface area contributed by atoms with E-state index in [9.17, 15) is 4.79 Å². The van der Waals surface area contributed by atoms with E-state index in [1.807, 2.05) is 55.5 Å². The van der Waals surface area contributed by atoms with Crippen molar-refractivity contribution in [1.82, 2.24) is 14.5 Å². The largest absolute Gasteiger partial charge is 0.492 e. The molecule has 3 aromatic rings. The van der Waals surface area contributed by atoms with Gasteiger partial charge in [0.15, 0.2) is 0 Å². The van der Waals surface area contributed by atoms with E-state index in [1.54, 1.807) is 4.57 Å². The van der Waals surface area contributed by atoms with Gasteiger partial charge in [-0.3, -0.25) is 14.3 Å². The lowest BCUT2D eigenvalue weighted by molar-refractivity contribution is 0.177. The van der Waals surface area contributed by atoms with Gasteiger partial charge in [0.2, 0.25) is 0 Å². The van der Waals surface area contributed by atoms with E-state index >= 15 is 0 Å². The van der Waals surface area contributed by atoms with Crippen LogP contribution in [0.4, 0.5) is 0 Å². The molecule has 1 saturated heterocycles. The predicted octanol–water partition coefficient (Wildman–Crippen LogP) is 3.49. The Kier molecular flexibility index (Phi) is 6.16. The second-order valence-electron chi connectivity index (χ2n) is 7.79. The normalized spacial score (nSPS) is 19.4. The fraction of sp³-hybridized carbons (Fsp3) is 0.417. The molecule has 1 aliphatic rings. The first-order chi connectivity index (χ1) is 14.7. The zero-order valence-corrected chi connectivity index (χ0v) is 17.8. The molecule has 2 N–H and O–H groups in total. The zero-order chi connectivity index (χ0) is 21.1. The minimum atomic E-state index is -0.0701. The minimum absolute atomic E-state index is 0.0701. The maximum Gasteiger partial charge on any atom is 0.266 e. The number of nitrogens with two attached hydrogens (primary N) is 1. The molecular formula is C24H30N4O2. The molecule has 2 aromatic carbocycles. The topological polar surface area (TPSA) is 73.4 Å². The quantitative estimate of drug-likeness (QED) is 0.650. The molecule has 0 bridgehead atoms. The Morgan fingerprint density at radius 3 is 2.57 bits per heavy atom. The molecule has 1 aromatic heterocycles. The van der Waals surface area contributed by atoms with Gasteiger partial charge in [-0.05, 0) is 50.5 Å². The summed E-state index contributed by atoms with van der Waals surface area (Å²) in [5.41, 5.74) is 7.46. The molecule has 30 heavy (non-hydrogen) atoms. The average Bonchev–Trinajstić information content (AvgIpc) is 3.16. The van der Waals surface area contributed by atoms with Gasteiger partial charge in [0.1, 0.15) is 11.6 Å². The van der Waals surface area contributed by atoms with Crippen LogP contribution in [0.3, 0.4) is 0 Å². The Hall–Kier alpha value is -2.70. The Labute approximate surface area is 177 Å². The van der Waals surface area contributed by atoms with Crippen LogP contribution in [-0.2, 0) is 6.54 Å². The van der Waals surface area contributed by atoms with Gasteiger partial charge in [-0.1, -0.05) is 31.2 Å². The van der Waals surface area contributed by atoms with Crippen LogP contribution in [0.1, 0.15) is 38.9 Å². The number of likely N-dealkylation sites (tertiary alicyclic amines) is 1. The standard InChI is InChI=1S/C24H30N4O2/c1-3-17-13-14-18(15-25)27(17)16-23-26-20-10-6-5-9-19(20)24(29)28(23)21-11-7-8-12-22(21)30-4-2/h5-12,17-18H,3-4,13-16,25H2,1-2H3. The number of benzene rings is 2. The first-order valence-electron chi connectivity index (χ1n) is 10.9. The third kappa shape index (κ3) is 3.73. The maximum atomic E-state index is 13.6. The van der Waals surface area contributed by atoms with Crippen LogP contribution in [0.2, 0.25) is 0 Å². The molecule has 0 saturated carbocycles. The molecular weight excluding hydrogens is 376 g/mol. The summed E-state index contributed by atoms with van der Waals surface area (Å²) in [5, 5.41) is 0.608. The lowest BCUT2D eigenvalue weighted by Crippen LogP contribution is -2.41. The average molecular weight is 407 g/mol. The van der Waals surface area contributed by atoms with E-state index in [-0.39, 0.29) is 5.56 Å². The van der Waals surface area contributed by atoms with E-state index in [0.717, 1.165) is 36.3 Å². The molecule has 1 fully saturated rings. The molecule has 4 rings (SSSR count). The summed E-state index contributed by atoms with van der Waals surface area (Å²) in [6.45, 7) is 5.88. The van der Waals surface area contributed by atoms with Crippen LogP contribution in [0.5, 0.6) is 5.75 Å². The zero-order valence-electron chi connectivity index (χ0n) is 17.8. The van der Waals surface area contributed by atoms with Crippen molar-refractivity contribution in [1.29, 1.82) is 0 Å². The molecule has 0 radical (unpaired) electrons. The first-order valence-corrected chi connectivity index (χ1v) is 10.9. The van der Waals surface area contributed by atoms with Crippen LogP contribution >= 0.6 is 0 Å². The highest BCUT2D eigenvalue weighted by Gasteiger charge is 2.32. The van der Waals surface area contributed by atoms with Gasteiger partial charge in [0, 0.05) is 18.6 Å². The van der Waals surface area contributed by atoms with Gasteiger partial charge in [-0.25, -0.2) is 4.98 Å². The third-order valence-electron chi connectivity index (χ3n) is 6.09. The smallest absolute Gasteiger partial charge is 0.266 e. The van der Waals surface area contributed by atoms with Crippen molar-refractivity contribution in [3.63, 3.8) is 0 Å². The number of hydrogen-bond acceptors (Lipinski definition) is 5. The second kappa shape index (κ2) is 8.98. The van der Waals surface area contributed by atoms with Crippen molar-refractivity contribution < 1.29 is 4.74 Å². The van der Waals surface area contributed by atoms with E-state index in [2.05, 4.69) is 11.8 Å². The highest BCUT2D eigenvalue weighted by atomic mass is 16.5. The molecule has 2 unspecified atom stereocenters. The van der Waals surface area contributed by atoms with Crippen molar-refractivity contribution in [2.45, 2.75) is 51.7 Å². The Morgan fingerprint density at radius 2 is 1.80 bits per heavy atom. The summed E-state index contributed by atoms with van der Waals surface area (Å²) >= 11 is 0. The number of aromatic nitrogens is 2. The molecule has 2 atom stereocenters. The number of ether oxygens (including phenoxy) is 1. The fourth-order valence-electron chi connectivity index (χ4n) is 4.58. The SMILES string of the molecule is CCOc1ccccc1-n1c(CN2C(CC)CCC2CN)nc2ccccc2c1=O. The van der Waals surface area contributed by atoms with Crippen LogP contribution < -0.4 is 16.0 Å². The summed E-state index contributed by atoms with van der Waals surface area (Å²) in [5.74, 6) is 1.41. The lowest BCUT2D eigenvalue weighted by Gasteiger charge is -2.29. The molecule has 6 heteroatoms.